The van der Waals surface area contributed by atoms with Gasteiger partial charge in [-0.3, -0.25) is 9.36 Å². The van der Waals surface area contributed by atoms with E-state index in [1.165, 1.54) is 4.68 Å². The molecule has 0 aliphatic heterocycles. The highest BCUT2D eigenvalue weighted by Crippen LogP contribution is 2.32. The number of benzene rings is 2. The number of halogens is 4. The Bertz CT molecular complexity index is 1310. The van der Waals surface area contributed by atoms with Crippen LogP contribution in [0.2, 0.25) is 5.02 Å². The van der Waals surface area contributed by atoms with E-state index in [0.717, 1.165) is 12.7 Å². The standard InChI is InChI=1S/C22H18ClF3N4O2/c1-2-11-32-15-9-7-14(8-10-15)20-18-19(21(31)29(13-27-18)12-22(24,25)26)28-30(20)17-6-4-3-5-16(17)23/h3-10,13H,2,11-12H2,1H3. The summed E-state index contributed by atoms with van der Waals surface area (Å²) in [6.45, 7) is 1.12. The molecule has 0 fully saturated rings. The average Bonchev–Trinajstić information content (AvgIpc) is 3.14. The van der Waals surface area contributed by atoms with Crippen molar-refractivity contribution in [1.29, 1.82) is 0 Å². The van der Waals surface area contributed by atoms with Crippen LogP contribution in [0, 0.1) is 0 Å². The largest absolute Gasteiger partial charge is 0.494 e. The van der Waals surface area contributed by atoms with Crippen LogP contribution in [0.15, 0.2) is 59.7 Å². The minimum Gasteiger partial charge on any atom is -0.494 e. The summed E-state index contributed by atoms with van der Waals surface area (Å²) in [5.41, 5.74) is 0.661. The quantitative estimate of drug-likeness (QED) is 0.392. The molecule has 0 N–H and O–H groups in total. The Hall–Kier alpha value is -3.33. The summed E-state index contributed by atoms with van der Waals surface area (Å²) in [6, 6.07) is 13.9. The minimum absolute atomic E-state index is 0.176. The second kappa shape index (κ2) is 8.66. The fourth-order valence-corrected chi connectivity index (χ4v) is 3.50. The zero-order valence-corrected chi connectivity index (χ0v) is 17.7. The smallest absolute Gasteiger partial charge is 0.406 e. The molecule has 0 bridgehead atoms. The molecule has 0 aliphatic rings. The molecule has 10 heteroatoms. The number of hydrogen-bond donors (Lipinski definition) is 0. The van der Waals surface area contributed by atoms with Gasteiger partial charge in [0.2, 0.25) is 0 Å². The lowest BCUT2D eigenvalue weighted by Gasteiger charge is -2.10. The predicted molar refractivity (Wildman–Crippen MR) is 115 cm³/mol. The van der Waals surface area contributed by atoms with Crippen molar-refractivity contribution in [1.82, 2.24) is 19.3 Å². The van der Waals surface area contributed by atoms with E-state index in [1.54, 1.807) is 48.5 Å². The van der Waals surface area contributed by atoms with Gasteiger partial charge in [0.05, 0.1) is 23.6 Å². The van der Waals surface area contributed by atoms with E-state index in [9.17, 15) is 18.0 Å². The molecule has 2 aromatic carbocycles. The summed E-state index contributed by atoms with van der Waals surface area (Å²) in [6.07, 6.45) is -2.82. The predicted octanol–water partition coefficient (Wildman–Crippen LogP) is 5.25. The van der Waals surface area contributed by atoms with E-state index >= 15 is 0 Å². The first kappa shape index (κ1) is 21.9. The van der Waals surface area contributed by atoms with E-state index in [2.05, 4.69) is 10.1 Å². The van der Waals surface area contributed by atoms with Gasteiger partial charge in [0.1, 0.15) is 23.5 Å². The minimum atomic E-state index is -4.57. The van der Waals surface area contributed by atoms with Crippen LogP contribution >= 0.6 is 11.6 Å². The van der Waals surface area contributed by atoms with Gasteiger partial charge in [-0.05, 0) is 42.8 Å². The zero-order valence-electron chi connectivity index (χ0n) is 16.9. The third-order valence-corrected chi connectivity index (χ3v) is 5.00. The van der Waals surface area contributed by atoms with Gasteiger partial charge in [0, 0.05) is 5.56 Å². The van der Waals surface area contributed by atoms with Gasteiger partial charge in [-0.15, -0.1) is 0 Å². The second-order valence-corrected chi connectivity index (χ2v) is 7.48. The van der Waals surface area contributed by atoms with Crippen LogP contribution in [0.3, 0.4) is 0 Å². The van der Waals surface area contributed by atoms with Crippen molar-refractivity contribution in [3.05, 3.63) is 70.2 Å². The second-order valence-electron chi connectivity index (χ2n) is 7.07. The molecule has 0 spiro atoms. The van der Waals surface area contributed by atoms with Crippen molar-refractivity contribution < 1.29 is 17.9 Å². The van der Waals surface area contributed by atoms with Gasteiger partial charge in [-0.1, -0.05) is 30.7 Å². The highest BCUT2D eigenvalue weighted by atomic mass is 35.5. The van der Waals surface area contributed by atoms with Crippen LogP contribution in [0.25, 0.3) is 28.0 Å². The number of alkyl halides is 3. The normalized spacial score (nSPS) is 11.8. The monoisotopic (exact) mass is 462 g/mol. The number of para-hydroxylation sites is 1. The fourth-order valence-electron chi connectivity index (χ4n) is 3.28. The number of ether oxygens (including phenoxy) is 1. The number of hydrogen-bond acceptors (Lipinski definition) is 4. The van der Waals surface area contributed by atoms with Crippen LogP contribution in [-0.4, -0.2) is 32.1 Å². The molecule has 2 aromatic heterocycles. The molecule has 2 heterocycles. The topological polar surface area (TPSA) is 61.9 Å². The molecule has 0 atom stereocenters. The van der Waals surface area contributed by atoms with Crippen LogP contribution in [0.4, 0.5) is 13.2 Å². The molecule has 6 nitrogen and oxygen atoms in total. The maximum absolute atomic E-state index is 12.9. The maximum Gasteiger partial charge on any atom is 0.406 e. The van der Waals surface area contributed by atoms with E-state index in [0.29, 0.717) is 38.9 Å². The van der Waals surface area contributed by atoms with Crippen molar-refractivity contribution in [2.24, 2.45) is 0 Å². The molecule has 166 valence electrons. The number of rotatable bonds is 6. The molecule has 4 aromatic rings. The Morgan fingerprint density at radius 2 is 1.78 bits per heavy atom. The maximum atomic E-state index is 12.9. The highest BCUT2D eigenvalue weighted by Gasteiger charge is 2.30. The Morgan fingerprint density at radius 1 is 1.06 bits per heavy atom. The lowest BCUT2D eigenvalue weighted by atomic mass is 10.1. The summed E-state index contributed by atoms with van der Waals surface area (Å²) in [4.78, 5) is 16.9. The molecule has 0 saturated carbocycles. The summed E-state index contributed by atoms with van der Waals surface area (Å²) in [5.74, 6) is 0.671. The van der Waals surface area contributed by atoms with Gasteiger partial charge < -0.3 is 4.74 Å². The van der Waals surface area contributed by atoms with Crippen LogP contribution in [-0.2, 0) is 6.54 Å². The van der Waals surface area contributed by atoms with Crippen molar-refractivity contribution in [3.63, 3.8) is 0 Å². The summed E-state index contributed by atoms with van der Waals surface area (Å²) in [7, 11) is 0. The van der Waals surface area contributed by atoms with Crippen LogP contribution in [0.5, 0.6) is 5.75 Å². The van der Waals surface area contributed by atoms with Gasteiger partial charge in [0.25, 0.3) is 5.56 Å². The van der Waals surface area contributed by atoms with E-state index < -0.39 is 18.3 Å². The number of nitrogens with zero attached hydrogens (tertiary/aromatic N) is 4. The molecule has 4 rings (SSSR count). The Balaban J connectivity index is 1.93. The Kier molecular flexibility index (Phi) is 5.92. The molecular formula is C22H18ClF3N4O2. The summed E-state index contributed by atoms with van der Waals surface area (Å²) in [5, 5.41) is 4.68. The highest BCUT2D eigenvalue weighted by molar-refractivity contribution is 6.32. The fraction of sp³-hybridized carbons (Fsp3) is 0.227. The lowest BCUT2D eigenvalue weighted by molar-refractivity contribution is -0.141. The Morgan fingerprint density at radius 3 is 2.44 bits per heavy atom. The van der Waals surface area contributed by atoms with Gasteiger partial charge in [-0.25, -0.2) is 9.67 Å². The van der Waals surface area contributed by atoms with E-state index in [-0.39, 0.29) is 11.0 Å². The van der Waals surface area contributed by atoms with Crippen molar-refractivity contribution >= 4 is 22.6 Å². The molecular weight excluding hydrogens is 445 g/mol. The first-order valence-corrected chi connectivity index (χ1v) is 10.2. The van der Waals surface area contributed by atoms with Crippen molar-refractivity contribution in [2.45, 2.75) is 26.1 Å². The molecule has 0 amide bonds. The average molecular weight is 463 g/mol. The third-order valence-electron chi connectivity index (χ3n) is 4.68. The number of fused-ring (bicyclic) bond motifs is 1. The lowest BCUT2D eigenvalue weighted by Crippen LogP contribution is -2.28. The Labute approximate surface area is 185 Å². The van der Waals surface area contributed by atoms with Gasteiger partial charge in [0.15, 0.2) is 5.52 Å². The first-order chi connectivity index (χ1) is 15.3. The van der Waals surface area contributed by atoms with Crippen LogP contribution in [0.1, 0.15) is 13.3 Å². The molecule has 0 aliphatic carbocycles. The molecule has 0 radical (unpaired) electrons. The molecule has 0 saturated heterocycles. The van der Waals surface area contributed by atoms with Crippen LogP contribution < -0.4 is 10.3 Å². The number of aromatic nitrogens is 4. The third kappa shape index (κ3) is 4.34. The van der Waals surface area contributed by atoms with Crippen molar-refractivity contribution in [3.8, 4) is 22.7 Å². The van der Waals surface area contributed by atoms with Crippen molar-refractivity contribution in [2.75, 3.05) is 6.61 Å². The van der Waals surface area contributed by atoms with Gasteiger partial charge >= 0.3 is 6.18 Å². The van der Waals surface area contributed by atoms with Gasteiger partial charge in [-0.2, -0.15) is 18.3 Å². The first-order valence-electron chi connectivity index (χ1n) is 9.81. The van der Waals surface area contributed by atoms with E-state index in [1.807, 2.05) is 6.92 Å². The van der Waals surface area contributed by atoms with E-state index in [4.69, 9.17) is 16.3 Å². The molecule has 32 heavy (non-hydrogen) atoms. The SMILES string of the molecule is CCCOc1ccc(-c2c3ncn(CC(F)(F)F)c(=O)c3nn2-c2ccccc2Cl)cc1. The summed E-state index contributed by atoms with van der Waals surface area (Å²) < 4.78 is 46.2. The summed E-state index contributed by atoms with van der Waals surface area (Å²) >= 11 is 6.35. The molecule has 0 unspecified atom stereocenters. The zero-order chi connectivity index (χ0) is 22.9.